The zero-order valence-corrected chi connectivity index (χ0v) is 10.5. The molecule has 0 aliphatic heterocycles. The smallest absolute Gasteiger partial charge is 0.303 e. The number of rotatable bonds is 3. The van der Waals surface area contributed by atoms with Gasteiger partial charge in [-0.05, 0) is 37.1 Å². The number of fused-ring (bicyclic) bond motifs is 1. The molecular weight excluding hydrogens is 254 g/mol. The fourth-order valence-corrected chi connectivity index (χ4v) is 2.17. The minimum absolute atomic E-state index is 0.0595. The molecule has 0 unspecified atom stereocenters. The quantitative estimate of drug-likeness (QED) is 0.896. The molecule has 0 aliphatic carbocycles. The lowest BCUT2D eigenvalue weighted by Crippen LogP contribution is -2.16. The van der Waals surface area contributed by atoms with E-state index in [1.807, 2.05) is 6.92 Å². The average molecular weight is 266 g/mol. The zero-order valence-electron chi connectivity index (χ0n) is 9.79. The van der Waals surface area contributed by atoms with Crippen molar-refractivity contribution in [2.75, 3.05) is 0 Å². The number of H-pyrrole nitrogens is 1. The molecule has 5 heteroatoms. The molecule has 94 valence electrons. The van der Waals surface area contributed by atoms with Crippen LogP contribution in [0.5, 0.6) is 0 Å². The Morgan fingerprint density at radius 2 is 2.17 bits per heavy atom. The first-order valence-electron chi connectivity index (χ1n) is 5.52. The van der Waals surface area contributed by atoms with E-state index in [1.54, 1.807) is 18.2 Å². The van der Waals surface area contributed by atoms with E-state index in [4.69, 9.17) is 16.7 Å². The van der Waals surface area contributed by atoms with Crippen molar-refractivity contribution in [2.45, 2.75) is 19.8 Å². The van der Waals surface area contributed by atoms with Gasteiger partial charge >= 0.3 is 5.97 Å². The van der Waals surface area contributed by atoms with Crippen LogP contribution < -0.4 is 5.56 Å². The third-order valence-corrected chi connectivity index (χ3v) is 3.18. The van der Waals surface area contributed by atoms with Crippen molar-refractivity contribution in [2.24, 2.45) is 0 Å². The first-order chi connectivity index (χ1) is 8.49. The lowest BCUT2D eigenvalue weighted by Gasteiger charge is -2.08. The van der Waals surface area contributed by atoms with Crippen molar-refractivity contribution in [1.82, 2.24) is 4.98 Å². The first-order valence-corrected chi connectivity index (χ1v) is 5.89. The number of hydrogen-bond donors (Lipinski definition) is 2. The Labute approximate surface area is 108 Å². The number of carbonyl (C=O) groups is 1. The summed E-state index contributed by atoms with van der Waals surface area (Å²) in [5, 5.41) is 10.1. The summed E-state index contributed by atoms with van der Waals surface area (Å²) in [6.07, 6.45) is 0.162. The largest absolute Gasteiger partial charge is 0.481 e. The van der Waals surface area contributed by atoms with Gasteiger partial charge in [0.1, 0.15) is 0 Å². The van der Waals surface area contributed by atoms with Gasteiger partial charge in [0.2, 0.25) is 0 Å². The predicted molar refractivity (Wildman–Crippen MR) is 70.3 cm³/mol. The number of nitrogens with one attached hydrogen (secondary N) is 1. The summed E-state index contributed by atoms with van der Waals surface area (Å²) >= 11 is 5.92. The molecule has 18 heavy (non-hydrogen) atoms. The van der Waals surface area contributed by atoms with E-state index in [2.05, 4.69) is 4.98 Å². The molecule has 0 amide bonds. The molecular formula is C13H12ClNO3. The Balaban J connectivity index is 2.59. The molecule has 0 radical (unpaired) electrons. The van der Waals surface area contributed by atoms with E-state index >= 15 is 0 Å². The second kappa shape index (κ2) is 4.82. The van der Waals surface area contributed by atoms with Crippen LogP contribution in [0.2, 0.25) is 5.02 Å². The summed E-state index contributed by atoms with van der Waals surface area (Å²) in [6.45, 7) is 1.81. The lowest BCUT2D eigenvalue weighted by atomic mass is 10.0. The summed E-state index contributed by atoms with van der Waals surface area (Å²) in [5.41, 5.74) is 1.77. The minimum Gasteiger partial charge on any atom is -0.481 e. The second-order valence-corrected chi connectivity index (χ2v) is 4.58. The minimum atomic E-state index is -0.917. The highest BCUT2D eigenvalue weighted by Crippen LogP contribution is 2.22. The zero-order chi connectivity index (χ0) is 13.3. The number of aromatic nitrogens is 1. The Morgan fingerprint density at radius 1 is 1.44 bits per heavy atom. The van der Waals surface area contributed by atoms with Crippen molar-refractivity contribution in [3.63, 3.8) is 0 Å². The highest BCUT2D eigenvalue weighted by atomic mass is 35.5. The van der Waals surface area contributed by atoms with Crippen LogP contribution in [0.3, 0.4) is 0 Å². The maximum atomic E-state index is 11.9. The Hall–Kier alpha value is -1.81. The van der Waals surface area contributed by atoms with Gasteiger partial charge in [0.25, 0.3) is 5.56 Å². The van der Waals surface area contributed by atoms with E-state index in [0.717, 1.165) is 10.9 Å². The van der Waals surface area contributed by atoms with Crippen LogP contribution in [-0.2, 0) is 11.2 Å². The molecule has 1 heterocycles. The number of benzene rings is 1. The summed E-state index contributed by atoms with van der Waals surface area (Å²) < 4.78 is 0. The fraction of sp³-hybridized carbons (Fsp3) is 0.231. The maximum Gasteiger partial charge on any atom is 0.303 e. The van der Waals surface area contributed by atoms with E-state index in [1.165, 1.54) is 0 Å². The number of carboxylic acids is 1. The maximum absolute atomic E-state index is 11.9. The number of aromatic amines is 1. The summed E-state index contributed by atoms with van der Waals surface area (Å²) in [5.74, 6) is -0.917. The molecule has 0 saturated carbocycles. The molecule has 2 N–H and O–H groups in total. The molecule has 1 aromatic carbocycles. The Morgan fingerprint density at radius 3 is 2.83 bits per heavy atom. The van der Waals surface area contributed by atoms with E-state index in [0.29, 0.717) is 16.1 Å². The SMILES string of the molecule is Cc1c(CCC(=O)O)c(=O)[nH]c2ccc(Cl)cc12. The Kier molecular flexibility index (Phi) is 3.39. The number of halogens is 1. The number of aryl methyl sites for hydroxylation is 1. The topological polar surface area (TPSA) is 70.2 Å². The molecule has 1 aromatic heterocycles. The van der Waals surface area contributed by atoms with Crippen molar-refractivity contribution < 1.29 is 9.90 Å². The van der Waals surface area contributed by atoms with Gasteiger partial charge in [0.15, 0.2) is 0 Å². The Bertz CT molecular complexity index is 676. The highest BCUT2D eigenvalue weighted by Gasteiger charge is 2.10. The molecule has 0 aliphatic rings. The fourth-order valence-electron chi connectivity index (χ4n) is 2.00. The third kappa shape index (κ3) is 2.38. The molecule has 0 saturated heterocycles. The van der Waals surface area contributed by atoms with Gasteiger partial charge < -0.3 is 10.1 Å². The monoisotopic (exact) mass is 265 g/mol. The van der Waals surface area contributed by atoms with Gasteiger partial charge in [0, 0.05) is 27.9 Å². The van der Waals surface area contributed by atoms with Crippen LogP contribution in [0.1, 0.15) is 17.5 Å². The van der Waals surface area contributed by atoms with Crippen molar-refractivity contribution in [3.8, 4) is 0 Å². The number of carboxylic acid groups (broad SMARTS) is 1. The van der Waals surface area contributed by atoms with Crippen molar-refractivity contribution in [1.29, 1.82) is 0 Å². The summed E-state index contributed by atoms with van der Waals surface area (Å²) in [6, 6.07) is 5.22. The van der Waals surface area contributed by atoms with Gasteiger partial charge in [-0.1, -0.05) is 11.6 Å². The van der Waals surface area contributed by atoms with Gasteiger partial charge in [-0.3, -0.25) is 9.59 Å². The predicted octanol–water partition coefficient (Wildman–Crippen LogP) is 2.51. The lowest BCUT2D eigenvalue weighted by molar-refractivity contribution is -0.136. The molecule has 0 fully saturated rings. The van der Waals surface area contributed by atoms with Crippen molar-refractivity contribution in [3.05, 3.63) is 44.7 Å². The molecule has 2 aromatic rings. The van der Waals surface area contributed by atoms with Gasteiger partial charge in [-0.25, -0.2) is 0 Å². The molecule has 0 bridgehead atoms. The van der Waals surface area contributed by atoms with Crippen LogP contribution in [-0.4, -0.2) is 16.1 Å². The summed E-state index contributed by atoms with van der Waals surface area (Å²) in [4.78, 5) is 25.2. The average Bonchev–Trinajstić information content (AvgIpc) is 2.30. The van der Waals surface area contributed by atoms with E-state index in [-0.39, 0.29) is 18.4 Å². The molecule has 0 atom stereocenters. The number of hydrogen-bond acceptors (Lipinski definition) is 2. The van der Waals surface area contributed by atoms with Crippen LogP contribution in [0.15, 0.2) is 23.0 Å². The van der Waals surface area contributed by atoms with Gasteiger partial charge in [0.05, 0.1) is 0 Å². The molecule has 4 nitrogen and oxygen atoms in total. The van der Waals surface area contributed by atoms with Crippen molar-refractivity contribution >= 4 is 28.5 Å². The van der Waals surface area contributed by atoms with Crippen LogP contribution in [0.4, 0.5) is 0 Å². The normalized spacial score (nSPS) is 10.8. The number of aliphatic carboxylic acids is 1. The van der Waals surface area contributed by atoms with Gasteiger partial charge in [-0.15, -0.1) is 0 Å². The second-order valence-electron chi connectivity index (χ2n) is 4.14. The van der Waals surface area contributed by atoms with Crippen LogP contribution >= 0.6 is 11.6 Å². The summed E-state index contributed by atoms with van der Waals surface area (Å²) in [7, 11) is 0. The van der Waals surface area contributed by atoms with Crippen LogP contribution in [0.25, 0.3) is 10.9 Å². The highest BCUT2D eigenvalue weighted by molar-refractivity contribution is 6.31. The molecule has 2 rings (SSSR count). The van der Waals surface area contributed by atoms with E-state index < -0.39 is 5.97 Å². The molecule has 0 spiro atoms. The number of pyridine rings is 1. The van der Waals surface area contributed by atoms with E-state index in [9.17, 15) is 9.59 Å². The van der Waals surface area contributed by atoms with Crippen LogP contribution in [0, 0.1) is 6.92 Å². The van der Waals surface area contributed by atoms with Gasteiger partial charge in [-0.2, -0.15) is 0 Å². The third-order valence-electron chi connectivity index (χ3n) is 2.95. The first kappa shape index (κ1) is 12.6. The standard InChI is InChI=1S/C13H12ClNO3/c1-7-9(3-5-12(16)17)13(18)15-11-4-2-8(14)6-10(7)11/h2,4,6H,3,5H2,1H3,(H,15,18)(H,16,17).